The number of nitrogen functional groups attached to an aromatic ring is 1. The van der Waals surface area contributed by atoms with E-state index < -0.39 is 11.4 Å². The summed E-state index contributed by atoms with van der Waals surface area (Å²) in [5.74, 6) is -0.0526. The Morgan fingerprint density at radius 3 is 3.00 bits per heavy atom. The summed E-state index contributed by atoms with van der Waals surface area (Å²) in [5.41, 5.74) is 12.8. The summed E-state index contributed by atoms with van der Waals surface area (Å²) in [7, 11) is 1.51. The van der Waals surface area contributed by atoms with Crippen LogP contribution in [0.15, 0.2) is 44.4 Å². The van der Waals surface area contributed by atoms with Gasteiger partial charge in [0.15, 0.2) is 11.6 Å². The molecule has 3 rings (SSSR count). The molecule has 27 heavy (non-hydrogen) atoms. The number of pyridine rings is 1. The lowest BCUT2D eigenvalue weighted by molar-refractivity contribution is 0.427. The van der Waals surface area contributed by atoms with Crippen LogP contribution in [0.4, 0.5) is 10.2 Å². The molecular formula is C19H19FN4O3. The summed E-state index contributed by atoms with van der Waals surface area (Å²) in [5, 5.41) is 0. The Morgan fingerprint density at radius 2 is 2.26 bits per heavy atom. The molecule has 2 aromatic heterocycles. The number of ether oxygens (including phenoxy) is 1. The van der Waals surface area contributed by atoms with Crippen LogP contribution < -0.4 is 17.1 Å². The summed E-state index contributed by atoms with van der Waals surface area (Å²) >= 11 is 0. The van der Waals surface area contributed by atoms with Crippen LogP contribution in [0.25, 0.3) is 6.08 Å². The molecule has 4 N–H and O–H groups in total. The van der Waals surface area contributed by atoms with Crippen molar-refractivity contribution in [2.24, 2.45) is 10.7 Å². The summed E-state index contributed by atoms with van der Waals surface area (Å²) < 4.78 is 25.0. The van der Waals surface area contributed by atoms with Gasteiger partial charge in [0, 0.05) is 36.9 Å². The lowest BCUT2D eigenvalue weighted by Crippen LogP contribution is -2.16. The highest BCUT2D eigenvalue weighted by Gasteiger charge is 2.19. The van der Waals surface area contributed by atoms with Crippen molar-refractivity contribution in [2.75, 3.05) is 12.8 Å². The van der Waals surface area contributed by atoms with E-state index in [4.69, 9.17) is 20.6 Å². The molecule has 0 aromatic carbocycles. The molecule has 0 unspecified atom stereocenters. The Kier molecular flexibility index (Phi) is 5.07. The number of hydrogen-bond acceptors (Lipinski definition) is 6. The molecule has 0 atom stereocenters. The van der Waals surface area contributed by atoms with Crippen LogP contribution in [0.2, 0.25) is 0 Å². The van der Waals surface area contributed by atoms with Crippen molar-refractivity contribution < 1.29 is 13.5 Å². The number of rotatable bonds is 3. The topological polar surface area (TPSA) is 117 Å². The lowest BCUT2D eigenvalue weighted by Gasteiger charge is -2.12. The molecule has 0 saturated heterocycles. The third-order valence-electron chi connectivity index (χ3n) is 4.34. The van der Waals surface area contributed by atoms with Crippen LogP contribution in [-0.2, 0) is 17.6 Å². The molecule has 2 aromatic rings. The predicted molar refractivity (Wildman–Crippen MR) is 101 cm³/mol. The summed E-state index contributed by atoms with van der Waals surface area (Å²) in [6.07, 6.45) is 7.16. The second-order valence-corrected chi connectivity index (χ2v) is 6.00. The maximum Gasteiger partial charge on any atom is 0.340 e. The first-order valence-corrected chi connectivity index (χ1v) is 8.23. The molecule has 0 aliphatic heterocycles. The van der Waals surface area contributed by atoms with Gasteiger partial charge in [0.25, 0.3) is 6.02 Å². The third-order valence-corrected chi connectivity index (χ3v) is 4.34. The standard InChI is InChI=1S/C19H19FN4O3/c1-10-13-5-3-4-12(26-19(22)23-2)9-15(13)27-18(25)14(10)8-11-6-7-24-17(21)16(11)20/h3-4,6-7,9H,5,8H2,1-2H3,(H2,21,24)(H2,22,23). The second-order valence-electron chi connectivity index (χ2n) is 6.00. The molecule has 0 spiro atoms. The van der Waals surface area contributed by atoms with Crippen molar-refractivity contribution in [2.45, 2.75) is 19.8 Å². The second kappa shape index (κ2) is 7.45. The zero-order chi connectivity index (χ0) is 19.6. The van der Waals surface area contributed by atoms with Gasteiger partial charge in [0.1, 0.15) is 11.5 Å². The Labute approximate surface area is 154 Å². The molecule has 0 radical (unpaired) electrons. The third kappa shape index (κ3) is 3.74. The van der Waals surface area contributed by atoms with E-state index in [2.05, 4.69) is 9.98 Å². The smallest absolute Gasteiger partial charge is 0.340 e. The Hall–Kier alpha value is -3.42. The predicted octanol–water partition coefficient (Wildman–Crippen LogP) is 2.07. The molecule has 8 heteroatoms. The van der Waals surface area contributed by atoms with E-state index in [1.165, 1.54) is 19.3 Å². The SMILES string of the molecule is CN=C(N)OC1=Cc2oc(=O)c(Cc3ccnc(N)c3F)c(C)c2CC=C1. The molecule has 2 heterocycles. The molecule has 1 aliphatic rings. The van der Waals surface area contributed by atoms with E-state index in [9.17, 15) is 9.18 Å². The molecular weight excluding hydrogens is 351 g/mol. The number of amidine groups is 1. The van der Waals surface area contributed by atoms with Crippen molar-refractivity contribution in [1.82, 2.24) is 4.98 Å². The summed E-state index contributed by atoms with van der Waals surface area (Å²) in [4.78, 5) is 20.0. The number of allylic oxidation sites excluding steroid dienone is 2. The highest BCUT2D eigenvalue weighted by molar-refractivity contribution is 5.74. The van der Waals surface area contributed by atoms with Crippen LogP contribution >= 0.6 is 0 Å². The Morgan fingerprint density at radius 1 is 1.48 bits per heavy atom. The van der Waals surface area contributed by atoms with E-state index in [0.29, 0.717) is 23.5 Å². The van der Waals surface area contributed by atoms with Gasteiger partial charge in [-0.25, -0.2) is 19.2 Å². The van der Waals surface area contributed by atoms with Gasteiger partial charge in [-0.1, -0.05) is 6.08 Å². The van der Waals surface area contributed by atoms with Gasteiger partial charge >= 0.3 is 5.63 Å². The van der Waals surface area contributed by atoms with Gasteiger partial charge in [0.05, 0.1) is 0 Å². The average Bonchev–Trinajstić information content (AvgIpc) is 2.83. The van der Waals surface area contributed by atoms with Gasteiger partial charge in [-0.05, 0) is 36.6 Å². The Bertz CT molecular complexity index is 1040. The number of nitrogens with zero attached hydrogens (tertiary/aromatic N) is 2. The number of fused-ring (bicyclic) bond motifs is 1. The molecule has 0 saturated carbocycles. The number of hydrogen-bond donors (Lipinski definition) is 2. The number of halogens is 1. The maximum atomic E-state index is 14.2. The number of aromatic nitrogens is 1. The lowest BCUT2D eigenvalue weighted by atomic mass is 9.97. The summed E-state index contributed by atoms with van der Waals surface area (Å²) in [6, 6.07) is 1.49. The fraction of sp³-hybridized carbons (Fsp3) is 0.211. The van der Waals surface area contributed by atoms with E-state index in [0.717, 1.165) is 11.1 Å². The average molecular weight is 370 g/mol. The van der Waals surface area contributed by atoms with Crippen molar-refractivity contribution in [1.29, 1.82) is 0 Å². The molecule has 7 nitrogen and oxygen atoms in total. The van der Waals surface area contributed by atoms with Crippen LogP contribution in [0.3, 0.4) is 0 Å². The minimum Gasteiger partial charge on any atom is -0.426 e. The van der Waals surface area contributed by atoms with Crippen molar-refractivity contribution >= 4 is 17.9 Å². The van der Waals surface area contributed by atoms with Crippen LogP contribution in [0, 0.1) is 12.7 Å². The quantitative estimate of drug-likeness (QED) is 0.631. The van der Waals surface area contributed by atoms with Gasteiger partial charge in [-0.2, -0.15) is 0 Å². The zero-order valence-corrected chi connectivity index (χ0v) is 15.0. The van der Waals surface area contributed by atoms with Gasteiger partial charge in [0.2, 0.25) is 0 Å². The minimum absolute atomic E-state index is 0.00390. The number of aliphatic imine (C=N–C) groups is 1. The number of nitrogens with two attached hydrogens (primary N) is 2. The molecule has 0 fully saturated rings. The molecule has 0 amide bonds. The highest BCUT2D eigenvalue weighted by atomic mass is 19.1. The first kappa shape index (κ1) is 18.4. The highest BCUT2D eigenvalue weighted by Crippen LogP contribution is 2.25. The van der Waals surface area contributed by atoms with E-state index in [1.54, 1.807) is 12.2 Å². The van der Waals surface area contributed by atoms with Crippen LogP contribution in [0.1, 0.15) is 28.0 Å². The molecule has 140 valence electrons. The maximum absolute atomic E-state index is 14.2. The zero-order valence-electron chi connectivity index (χ0n) is 15.0. The summed E-state index contributed by atoms with van der Waals surface area (Å²) in [6.45, 7) is 1.81. The van der Waals surface area contributed by atoms with Crippen molar-refractivity contribution in [3.63, 3.8) is 0 Å². The van der Waals surface area contributed by atoms with Gasteiger partial charge < -0.3 is 20.6 Å². The normalized spacial score (nSPS) is 13.7. The van der Waals surface area contributed by atoms with Crippen molar-refractivity contribution in [3.05, 3.63) is 74.4 Å². The minimum atomic E-state index is -0.629. The largest absolute Gasteiger partial charge is 0.426 e. The first-order chi connectivity index (χ1) is 12.9. The fourth-order valence-corrected chi connectivity index (χ4v) is 2.85. The van der Waals surface area contributed by atoms with Gasteiger partial charge in [-0.15, -0.1) is 0 Å². The van der Waals surface area contributed by atoms with Crippen molar-refractivity contribution in [3.8, 4) is 0 Å². The van der Waals surface area contributed by atoms with Gasteiger partial charge in [-0.3, -0.25) is 0 Å². The van der Waals surface area contributed by atoms with E-state index >= 15 is 0 Å². The number of anilines is 1. The van der Waals surface area contributed by atoms with Crippen LogP contribution in [0.5, 0.6) is 0 Å². The fourth-order valence-electron chi connectivity index (χ4n) is 2.85. The first-order valence-electron chi connectivity index (χ1n) is 8.23. The molecule has 1 aliphatic carbocycles. The van der Waals surface area contributed by atoms with E-state index in [1.807, 2.05) is 13.0 Å². The Balaban J connectivity index is 2.04. The monoisotopic (exact) mass is 370 g/mol. The van der Waals surface area contributed by atoms with Crippen LogP contribution in [-0.4, -0.2) is 18.1 Å². The molecule has 0 bridgehead atoms. The van der Waals surface area contributed by atoms with E-state index in [-0.39, 0.29) is 23.8 Å².